The first kappa shape index (κ1) is 44.3. The molecule has 9 rings (SSSR count). The van der Waals surface area contributed by atoms with Crippen LogP contribution in [0.2, 0.25) is 5.02 Å². The number of nitriles is 1. The lowest BCUT2D eigenvalue weighted by Gasteiger charge is -2.42. The normalized spacial score (nSPS) is 20.1. The van der Waals surface area contributed by atoms with Crippen molar-refractivity contribution < 1.29 is 19.1 Å². The zero-order valence-corrected chi connectivity index (χ0v) is 38.8. The summed E-state index contributed by atoms with van der Waals surface area (Å²) in [6.07, 6.45) is 5.65. The number of hydrogen-bond donors (Lipinski definition) is 2. The zero-order valence-electron chi connectivity index (χ0n) is 37.2. The van der Waals surface area contributed by atoms with E-state index in [4.69, 9.17) is 31.3 Å². The number of nitrogens with zero attached hydrogens (tertiary/aromatic N) is 9. The van der Waals surface area contributed by atoms with E-state index in [9.17, 15) is 9.59 Å². The van der Waals surface area contributed by atoms with Crippen LogP contribution in [-0.2, 0) is 4.79 Å². The van der Waals surface area contributed by atoms with Crippen molar-refractivity contribution >= 4 is 46.2 Å². The van der Waals surface area contributed by atoms with Gasteiger partial charge in [-0.3, -0.25) is 24.0 Å². The highest BCUT2D eigenvalue weighted by atomic mass is 35.5. The molecule has 4 aliphatic rings. The molecule has 1 atom stereocenters. The van der Waals surface area contributed by atoms with E-state index in [2.05, 4.69) is 89.6 Å². The third-order valence-electron chi connectivity index (χ3n) is 13.1. The third kappa shape index (κ3) is 9.73. The number of benzene rings is 2. The number of rotatable bonds is 13. The number of carbonyl (C=O) groups is 2. The van der Waals surface area contributed by atoms with Crippen molar-refractivity contribution in [2.45, 2.75) is 96.9 Å². The molecule has 0 bridgehead atoms. The number of likely N-dealkylation sites (tertiary alicyclic amines) is 1. The van der Waals surface area contributed by atoms with Crippen LogP contribution < -0.4 is 25.0 Å². The maximum Gasteiger partial charge on any atom is 0.272 e. The Bertz CT molecular complexity index is 2600. The Morgan fingerprint density at radius 3 is 2.37 bits per heavy atom. The van der Waals surface area contributed by atoms with Gasteiger partial charge in [-0.25, -0.2) is 0 Å². The lowest BCUT2D eigenvalue weighted by atomic mass is 9.93. The molecule has 0 radical (unpaired) electrons. The van der Waals surface area contributed by atoms with E-state index in [1.807, 2.05) is 13.8 Å². The number of halogens is 1. The van der Waals surface area contributed by atoms with Gasteiger partial charge in [0.1, 0.15) is 34.8 Å². The highest BCUT2D eigenvalue weighted by molar-refractivity contribution is 7.15. The van der Waals surface area contributed by atoms with Crippen molar-refractivity contribution in [3.8, 4) is 22.7 Å². The topological polar surface area (TPSA) is 176 Å². The first-order valence-electron chi connectivity index (χ1n) is 22.7. The predicted octanol–water partition coefficient (Wildman–Crippen LogP) is 7.09. The molecule has 0 unspecified atom stereocenters. The van der Waals surface area contributed by atoms with Gasteiger partial charge in [-0.2, -0.15) is 5.26 Å². The quantitative estimate of drug-likeness (QED) is 0.123. The summed E-state index contributed by atoms with van der Waals surface area (Å²) in [7, 11) is 0. The van der Waals surface area contributed by atoms with Crippen molar-refractivity contribution in [2.75, 3.05) is 44.2 Å². The third-order valence-corrected chi connectivity index (χ3v) is 14.6. The Morgan fingerprint density at radius 1 is 0.908 bits per heavy atom. The summed E-state index contributed by atoms with van der Waals surface area (Å²) in [6.45, 7) is 13.4. The molecule has 0 spiro atoms. The summed E-state index contributed by atoms with van der Waals surface area (Å²) in [4.78, 5) is 37.3. The van der Waals surface area contributed by atoms with Crippen LogP contribution in [0.1, 0.15) is 107 Å². The molecule has 3 fully saturated rings. The first-order valence-corrected chi connectivity index (χ1v) is 23.8. The second kappa shape index (κ2) is 19.3. The van der Waals surface area contributed by atoms with Gasteiger partial charge in [0.25, 0.3) is 5.91 Å². The molecule has 5 aromatic rings. The average Bonchev–Trinajstić information content (AvgIpc) is 3.78. The number of aryl methyl sites for hydroxylation is 2. The van der Waals surface area contributed by atoms with Gasteiger partial charge in [0.05, 0.1) is 28.8 Å². The lowest BCUT2D eigenvalue weighted by molar-refractivity contribution is -0.121. The summed E-state index contributed by atoms with van der Waals surface area (Å²) < 4.78 is 14.3. The van der Waals surface area contributed by atoms with Crippen LogP contribution in [0.25, 0.3) is 5.00 Å². The number of fused-ring (bicyclic) bond motifs is 3. The average molecular weight is 917 g/mol. The minimum absolute atomic E-state index is 0.0215. The Balaban J connectivity index is 0.722. The van der Waals surface area contributed by atoms with Crippen molar-refractivity contribution in [3.05, 3.63) is 104 Å². The van der Waals surface area contributed by atoms with Crippen LogP contribution in [0.3, 0.4) is 0 Å². The van der Waals surface area contributed by atoms with Gasteiger partial charge >= 0.3 is 0 Å². The van der Waals surface area contributed by atoms with E-state index < -0.39 is 6.04 Å². The van der Waals surface area contributed by atoms with E-state index in [1.54, 1.807) is 41.7 Å². The molecule has 3 aliphatic heterocycles. The SMILES string of the molecule is CCNC(=O)C[C@@H]1N=C(c2ccc(N3CCC(CN4CC(Oc5ccc(C(=O)NC6CCC(Oc7ccc(C#N)c(Cl)c7)CC6)nn5)C4)CC3)cc2)c2c(sc(C)c2C)-n2c(C)nnc21. The summed E-state index contributed by atoms with van der Waals surface area (Å²) in [5.74, 6) is 2.87. The van der Waals surface area contributed by atoms with E-state index in [-0.39, 0.29) is 42.2 Å². The molecule has 1 aliphatic carbocycles. The molecule has 338 valence electrons. The molecule has 2 N–H and O–H groups in total. The van der Waals surface area contributed by atoms with Gasteiger partial charge in [0, 0.05) is 79.1 Å². The summed E-state index contributed by atoms with van der Waals surface area (Å²) in [6, 6.07) is 18.9. The monoisotopic (exact) mass is 915 g/mol. The summed E-state index contributed by atoms with van der Waals surface area (Å²) in [5.41, 5.74) is 6.07. The Kier molecular flexibility index (Phi) is 13.2. The van der Waals surface area contributed by atoms with Gasteiger partial charge in [-0.1, -0.05) is 23.7 Å². The smallest absolute Gasteiger partial charge is 0.272 e. The molecular weight excluding hydrogens is 862 g/mol. The molecule has 17 heteroatoms. The fraction of sp³-hybridized carbons (Fsp3) is 0.458. The second-order valence-electron chi connectivity index (χ2n) is 17.6. The molecule has 2 aromatic carbocycles. The van der Waals surface area contributed by atoms with Gasteiger partial charge in [-0.05, 0) is 108 Å². The first-order chi connectivity index (χ1) is 31.5. The Hall–Kier alpha value is -5.89. The van der Waals surface area contributed by atoms with E-state index >= 15 is 0 Å². The standard InChI is InChI=1S/C48H54ClN11O4S/c1-5-51-42(61)23-41-46-57-54-30(4)60(46)48-44(28(2)29(3)65-48)45(53-41)32-6-11-35(12-7-32)59-20-18-31(19-21-59)25-58-26-38(27-58)64-43-17-16-40(55-56-43)47(62)52-34-9-14-36(15-10-34)63-37-13-8-33(24-50)39(49)22-37/h6-8,11-13,16-17,22,31,34,36,38,41H,5,9-10,14-15,18-21,23,25-27H2,1-4H3,(H,51,61)(H,52,62)/t34?,36?,41-/m0/s1. The number of anilines is 1. The molecule has 6 heterocycles. The lowest BCUT2D eigenvalue weighted by Crippen LogP contribution is -2.55. The predicted molar refractivity (Wildman–Crippen MR) is 250 cm³/mol. The number of ether oxygens (including phenoxy) is 2. The van der Waals surface area contributed by atoms with Crippen molar-refractivity contribution in [3.63, 3.8) is 0 Å². The van der Waals surface area contributed by atoms with Crippen molar-refractivity contribution in [1.82, 2.24) is 40.5 Å². The van der Waals surface area contributed by atoms with Crippen LogP contribution in [0.5, 0.6) is 11.6 Å². The molecule has 2 saturated heterocycles. The van der Waals surface area contributed by atoms with Crippen LogP contribution in [0.15, 0.2) is 59.6 Å². The van der Waals surface area contributed by atoms with Crippen LogP contribution in [0, 0.1) is 38.0 Å². The van der Waals surface area contributed by atoms with Crippen LogP contribution in [0.4, 0.5) is 5.69 Å². The highest BCUT2D eigenvalue weighted by Crippen LogP contribution is 2.40. The molecule has 1 saturated carbocycles. The number of hydrogen-bond acceptors (Lipinski definition) is 13. The van der Waals surface area contributed by atoms with E-state index in [0.717, 1.165) is 98.9 Å². The fourth-order valence-electron chi connectivity index (χ4n) is 9.40. The van der Waals surface area contributed by atoms with Crippen molar-refractivity contribution in [2.24, 2.45) is 10.9 Å². The number of piperidine rings is 1. The maximum absolute atomic E-state index is 13.0. The summed E-state index contributed by atoms with van der Waals surface area (Å²) >= 11 is 7.88. The largest absolute Gasteiger partial charge is 0.490 e. The number of aromatic nitrogens is 5. The molecular formula is C48H54ClN11O4S. The number of thiophene rings is 1. The minimum atomic E-state index is -0.460. The minimum Gasteiger partial charge on any atom is -0.490 e. The van der Waals surface area contributed by atoms with Crippen molar-refractivity contribution in [1.29, 1.82) is 5.26 Å². The summed E-state index contributed by atoms with van der Waals surface area (Å²) in [5, 5.41) is 33.9. The highest BCUT2D eigenvalue weighted by Gasteiger charge is 2.34. The molecule has 15 nitrogen and oxygen atoms in total. The Labute approximate surface area is 388 Å². The number of carbonyl (C=O) groups excluding carboxylic acids is 2. The zero-order chi connectivity index (χ0) is 45.2. The second-order valence-corrected chi connectivity index (χ2v) is 19.2. The number of aliphatic imine (C=N–C) groups is 1. The number of nitrogens with one attached hydrogen (secondary N) is 2. The maximum atomic E-state index is 13.0. The number of amides is 2. The van der Waals surface area contributed by atoms with Gasteiger partial charge in [0.15, 0.2) is 11.5 Å². The fourth-order valence-corrected chi connectivity index (χ4v) is 10.8. The molecule has 65 heavy (non-hydrogen) atoms. The van der Waals surface area contributed by atoms with Gasteiger partial charge < -0.3 is 25.0 Å². The molecule has 2 amide bonds. The van der Waals surface area contributed by atoms with Crippen LogP contribution >= 0.6 is 22.9 Å². The van der Waals surface area contributed by atoms with Crippen LogP contribution in [-0.4, -0.2) is 105 Å². The van der Waals surface area contributed by atoms with Gasteiger partial charge in [-0.15, -0.1) is 31.7 Å². The Morgan fingerprint density at radius 2 is 1.68 bits per heavy atom. The molecule has 3 aromatic heterocycles. The van der Waals surface area contributed by atoms with Gasteiger partial charge in [0.2, 0.25) is 11.8 Å². The van der Waals surface area contributed by atoms with E-state index in [1.165, 1.54) is 16.1 Å². The van der Waals surface area contributed by atoms with E-state index in [0.29, 0.717) is 40.5 Å².